The quantitative estimate of drug-likeness (QED) is 0.0817. The van der Waals surface area contributed by atoms with Crippen LogP contribution < -0.4 is 15.4 Å². The van der Waals surface area contributed by atoms with E-state index in [4.69, 9.17) is 23.7 Å². The topological polar surface area (TPSA) is 176 Å². The summed E-state index contributed by atoms with van der Waals surface area (Å²) in [5.41, 5.74) is -1.14. The molecule has 0 atom stereocenters. The summed E-state index contributed by atoms with van der Waals surface area (Å²) >= 11 is 0. The fraction of sp³-hybridized carbons (Fsp3) is 0.593. The molecular formula is C27H40N2O11. The molecule has 224 valence electrons. The molecule has 0 aliphatic carbocycles. The number of hydrogen-bond acceptors (Lipinski definition) is 11. The van der Waals surface area contributed by atoms with E-state index in [0.717, 1.165) is 6.42 Å². The summed E-state index contributed by atoms with van der Waals surface area (Å²) in [6, 6.07) is 6.15. The van der Waals surface area contributed by atoms with Crippen molar-refractivity contribution in [3.63, 3.8) is 0 Å². The molecular weight excluding hydrogens is 528 g/mol. The molecule has 1 rings (SSSR count). The molecule has 1 aromatic rings. The first-order valence-electron chi connectivity index (χ1n) is 12.9. The van der Waals surface area contributed by atoms with E-state index in [1.54, 1.807) is 19.2 Å². The van der Waals surface area contributed by atoms with Gasteiger partial charge in [0.1, 0.15) is 37.4 Å². The van der Waals surface area contributed by atoms with Crippen LogP contribution >= 0.6 is 0 Å². The summed E-state index contributed by atoms with van der Waals surface area (Å²) in [6.07, 6.45) is 0.347. The van der Waals surface area contributed by atoms with Crippen LogP contribution in [0.2, 0.25) is 0 Å². The van der Waals surface area contributed by atoms with E-state index in [0.29, 0.717) is 37.6 Å². The van der Waals surface area contributed by atoms with Crippen LogP contribution in [0.25, 0.3) is 0 Å². The Balaban J connectivity index is 2.07. The standard InChI is InChI=1S/C27H40N2O11/c1-27(2,35)26(34)20-6-8-21(9-7-20)38-16-17-40-25(33)19-23(31)29-11-10-28-22(30)18-24(32)39-15-5-14-37-13-4-12-36-3/h6-9,35H,4-5,10-19H2,1-3H3,(H,28,30)(H,29,31). The van der Waals surface area contributed by atoms with E-state index >= 15 is 0 Å². The minimum Gasteiger partial charge on any atom is -0.490 e. The van der Waals surface area contributed by atoms with Gasteiger partial charge >= 0.3 is 11.9 Å². The summed E-state index contributed by atoms with van der Waals surface area (Å²) in [5, 5.41) is 14.7. The molecule has 1 aromatic carbocycles. The maximum absolute atomic E-state index is 12.0. The molecule has 0 radical (unpaired) electrons. The van der Waals surface area contributed by atoms with Gasteiger partial charge in [0.05, 0.1) is 6.61 Å². The van der Waals surface area contributed by atoms with Gasteiger partial charge in [-0.05, 0) is 44.5 Å². The molecule has 0 aromatic heterocycles. The Morgan fingerprint density at radius 1 is 0.750 bits per heavy atom. The number of amides is 2. The molecule has 0 saturated heterocycles. The first kappa shape index (κ1) is 34.5. The normalized spacial score (nSPS) is 10.9. The van der Waals surface area contributed by atoms with E-state index in [2.05, 4.69) is 10.6 Å². The van der Waals surface area contributed by atoms with Crippen LogP contribution in [-0.2, 0) is 38.1 Å². The summed E-state index contributed by atoms with van der Waals surface area (Å²) in [5.74, 6) is -2.53. The molecule has 0 aliphatic heterocycles. The fourth-order valence-corrected chi connectivity index (χ4v) is 3.02. The molecule has 0 saturated carbocycles. The highest BCUT2D eigenvalue weighted by Gasteiger charge is 2.25. The average molecular weight is 569 g/mol. The Labute approximate surface area is 233 Å². The van der Waals surface area contributed by atoms with Crippen molar-refractivity contribution in [3.8, 4) is 5.75 Å². The minimum absolute atomic E-state index is 0.0310. The Bertz CT molecular complexity index is 943. The van der Waals surface area contributed by atoms with Crippen molar-refractivity contribution in [1.82, 2.24) is 10.6 Å². The van der Waals surface area contributed by atoms with Gasteiger partial charge in [0.25, 0.3) is 0 Å². The Morgan fingerprint density at radius 3 is 1.80 bits per heavy atom. The van der Waals surface area contributed by atoms with Crippen molar-refractivity contribution in [2.75, 3.05) is 59.8 Å². The van der Waals surface area contributed by atoms with Crippen molar-refractivity contribution >= 4 is 29.5 Å². The maximum atomic E-state index is 12.0. The monoisotopic (exact) mass is 568 g/mol. The highest BCUT2D eigenvalue weighted by Crippen LogP contribution is 2.17. The molecule has 0 fully saturated rings. The Kier molecular flexibility index (Phi) is 16.8. The molecule has 0 unspecified atom stereocenters. The number of ether oxygens (including phenoxy) is 5. The van der Waals surface area contributed by atoms with Gasteiger partial charge in [-0.2, -0.15) is 0 Å². The van der Waals surface area contributed by atoms with E-state index in [1.165, 1.54) is 26.0 Å². The van der Waals surface area contributed by atoms with Gasteiger partial charge in [-0.1, -0.05) is 0 Å². The lowest BCUT2D eigenvalue weighted by Gasteiger charge is -2.15. The zero-order valence-electron chi connectivity index (χ0n) is 23.3. The molecule has 40 heavy (non-hydrogen) atoms. The summed E-state index contributed by atoms with van der Waals surface area (Å²) in [6.45, 7) is 4.63. The highest BCUT2D eigenvalue weighted by atomic mass is 16.6. The van der Waals surface area contributed by atoms with Crippen molar-refractivity contribution in [2.45, 2.75) is 45.1 Å². The number of ketones is 1. The second kappa shape index (κ2) is 19.5. The number of carbonyl (C=O) groups excluding carboxylic acids is 5. The number of carbonyl (C=O) groups is 5. The van der Waals surface area contributed by atoms with Gasteiger partial charge < -0.3 is 39.4 Å². The molecule has 3 N–H and O–H groups in total. The van der Waals surface area contributed by atoms with E-state index in [-0.39, 0.29) is 32.9 Å². The number of methoxy groups -OCH3 is 1. The Hall–Kier alpha value is -3.55. The van der Waals surface area contributed by atoms with Gasteiger partial charge in [0.2, 0.25) is 11.8 Å². The number of hydrogen-bond donors (Lipinski definition) is 3. The summed E-state index contributed by atoms with van der Waals surface area (Å²) in [4.78, 5) is 59.1. The largest absolute Gasteiger partial charge is 0.490 e. The van der Waals surface area contributed by atoms with Gasteiger partial charge in [-0.25, -0.2) is 0 Å². The first-order chi connectivity index (χ1) is 19.0. The van der Waals surface area contributed by atoms with Crippen molar-refractivity contribution in [1.29, 1.82) is 0 Å². The molecule has 13 nitrogen and oxygen atoms in total. The third-order valence-corrected chi connectivity index (χ3v) is 5.00. The number of Topliss-reactive ketones (excluding diaryl/α,β-unsaturated/α-hetero) is 1. The SMILES string of the molecule is COCCCOCCCOC(=O)CC(=O)NCCNC(=O)CC(=O)OCCOc1ccc(C(=O)C(C)(C)O)cc1. The zero-order chi connectivity index (χ0) is 29.8. The van der Waals surface area contributed by atoms with Crippen LogP contribution in [0.5, 0.6) is 5.75 Å². The minimum atomic E-state index is -1.48. The molecule has 0 heterocycles. The maximum Gasteiger partial charge on any atom is 0.315 e. The summed E-state index contributed by atoms with van der Waals surface area (Å²) < 4.78 is 25.6. The van der Waals surface area contributed by atoms with Crippen LogP contribution in [0.1, 0.15) is 49.9 Å². The van der Waals surface area contributed by atoms with Crippen molar-refractivity contribution < 1.29 is 52.8 Å². The number of benzene rings is 1. The average Bonchev–Trinajstić information content (AvgIpc) is 2.90. The van der Waals surface area contributed by atoms with Crippen LogP contribution in [0.15, 0.2) is 24.3 Å². The van der Waals surface area contributed by atoms with E-state index < -0.39 is 48.0 Å². The second-order valence-corrected chi connectivity index (χ2v) is 9.07. The van der Waals surface area contributed by atoms with E-state index in [1.807, 2.05) is 0 Å². The molecule has 0 aliphatic rings. The highest BCUT2D eigenvalue weighted by molar-refractivity contribution is 6.01. The molecule has 0 spiro atoms. The summed E-state index contributed by atoms with van der Waals surface area (Å²) in [7, 11) is 1.61. The molecule has 2 amide bonds. The lowest BCUT2D eigenvalue weighted by Crippen LogP contribution is -2.36. The smallest absolute Gasteiger partial charge is 0.315 e. The van der Waals surface area contributed by atoms with Crippen LogP contribution in [-0.4, -0.2) is 100 Å². The third-order valence-electron chi connectivity index (χ3n) is 5.00. The Morgan fingerprint density at radius 2 is 1.27 bits per heavy atom. The van der Waals surface area contributed by atoms with Crippen LogP contribution in [0.3, 0.4) is 0 Å². The van der Waals surface area contributed by atoms with Gasteiger partial charge in [-0.3, -0.25) is 24.0 Å². The zero-order valence-corrected chi connectivity index (χ0v) is 23.3. The van der Waals surface area contributed by atoms with Crippen LogP contribution in [0.4, 0.5) is 0 Å². The first-order valence-corrected chi connectivity index (χ1v) is 12.9. The lowest BCUT2D eigenvalue weighted by atomic mass is 9.97. The third kappa shape index (κ3) is 16.4. The predicted molar refractivity (Wildman–Crippen MR) is 142 cm³/mol. The van der Waals surface area contributed by atoms with Gasteiger partial charge in [0, 0.05) is 52.0 Å². The van der Waals surface area contributed by atoms with Crippen LogP contribution in [0, 0.1) is 0 Å². The predicted octanol–water partition coefficient (Wildman–Crippen LogP) is 0.561. The number of esters is 2. The van der Waals surface area contributed by atoms with E-state index in [9.17, 15) is 29.1 Å². The van der Waals surface area contributed by atoms with Crippen molar-refractivity contribution in [2.24, 2.45) is 0 Å². The number of nitrogens with one attached hydrogen (secondary N) is 2. The number of rotatable bonds is 21. The molecule has 13 heteroatoms. The second-order valence-electron chi connectivity index (χ2n) is 9.07. The molecule has 0 bridgehead atoms. The fourth-order valence-electron chi connectivity index (χ4n) is 3.02. The van der Waals surface area contributed by atoms with Gasteiger partial charge in [0.15, 0.2) is 5.78 Å². The lowest BCUT2D eigenvalue weighted by molar-refractivity contribution is -0.148. The van der Waals surface area contributed by atoms with Gasteiger partial charge in [-0.15, -0.1) is 0 Å². The number of aliphatic hydroxyl groups is 1. The van der Waals surface area contributed by atoms with Crippen molar-refractivity contribution in [3.05, 3.63) is 29.8 Å².